The van der Waals surface area contributed by atoms with Crippen LogP contribution in [-0.4, -0.2) is 8.07 Å². The first-order chi connectivity index (χ1) is 4.92. The van der Waals surface area contributed by atoms with Gasteiger partial charge in [0.1, 0.15) is 8.07 Å². The van der Waals surface area contributed by atoms with Gasteiger partial charge in [0, 0.05) is 0 Å². The molecule has 2 atom stereocenters. The predicted octanol–water partition coefficient (Wildman–Crippen LogP) is 5.00. The minimum Gasteiger partial charge on any atom is -0.107 e. The Bertz CT molecular complexity index is 116. The van der Waals surface area contributed by atoms with Crippen LogP contribution in [0.25, 0.3) is 0 Å². The highest BCUT2D eigenvalue weighted by molar-refractivity contribution is 9.15. The zero-order chi connectivity index (χ0) is 9.07. The molecular weight excluding hydrogens is 383 g/mol. The maximum absolute atomic E-state index is 6.05. The highest BCUT2D eigenvalue weighted by Gasteiger charge is 2.38. The first-order valence-corrected chi connectivity index (χ1v) is 6.42. The summed E-state index contributed by atoms with van der Waals surface area (Å²) in [6.07, 6.45) is 1.95. The van der Waals surface area contributed by atoms with Crippen LogP contribution in [0.5, 0.6) is 0 Å². The SMILES string of the molecule is CCC[C](Br)C(Cl)(Br)C(Cl)Br. The van der Waals surface area contributed by atoms with E-state index in [9.17, 15) is 0 Å². The van der Waals surface area contributed by atoms with E-state index < -0.39 is 3.78 Å². The third-order valence-electron chi connectivity index (χ3n) is 1.11. The maximum Gasteiger partial charge on any atom is 0.142 e. The molecule has 11 heavy (non-hydrogen) atoms. The molecule has 0 aromatic rings. The standard InChI is InChI=1S/C6H8Br3Cl2/c1-2-3-4(7)6(9,11)5(8)10/h5H,2-3H2,1H3. The van der Waals surface area contributed by atoms with Crippen molar-refractivity contribution in [2.24, 2.45) is 0 Å². The Balaban J connectivity index is 4.05. The molecule has 0 aliphatic carbocycles. The molecular formula is C6H8Br3Cl2. The van der Waals surface area contributed by atoms with Crippen molar-refractivity contribution in [3.8, 4) is 0 Å². The van der Waals surface area contributed by atoms with Crippen LogP contribution in [-0.2, 0) is 0 Å². The largest absolute Gasteiger partial charge is 0.142 e. The molecule has 0 aromatic heterocycles. The first kappa shape index (κ1) is 13.0. The highest BCUT2D eigenvalue weighted by Crippen LogP contribution is 2.47. The lowest BCUT2D eigenvalue weighted by Crippen LogP contribution is -2.26. The van der Waals surface area contributed by atoms with E-state index in [2.05, 4.69) is 54.7 Å². The molecule has 5 heteroatoms. The van der Waals surface area contributed by atoms with Gasteiger partial charge in [-0.2, -0.15) is 0 Å². The molecule has 0 aromatic carbocycles. The molecule has 0 bridgehead atoms. The zero-order valence-electron chi connectivity index (χ0n) is 5.88. The molecule has 0 saturated heterocycles. The summed E-state index contributed by atoms with van der Waals surface area (Å²) in [6.45, 7) is 2.08. The number of hydrogen-bond acceptors (Lipinski definition) is 0. The second-order valence-corrected chi connectivity index (χ2v) is 7.22. The van der Waals surface area contributed by atoms with Crippen molar-refractivity contribution < 1.29 is 0 Å². The summed E-state index contributed by atoms with van der Waals surface area (Å²) in [4.78, 5) is 0.964. The fourth-order valence-corrected chi connectivity index (χ4v) is 2.27. The maximum atomic E-state index is 6.05. The molecule has 0 aliphatic heterocycles. The molecule has 0 spiro atoms. The summed E-state index contributed by atoms with van der Waals surface area (Å²) in [5.74, 6) is 0. The van der Waals surface area contributed by atoms with E-state index in [1.54, 1.807) is 0 Å². The van der Waals surface area contributed by atoms with E-state index in [0.717, 1.165) is 17.7 Å². The Kier molecular flexibility index (Phi) is 6.73. The van der Waals surface area contributed by atoms with E-state index in [4.69, 9.17) is 23.2 Å². The average Bonchev–Trinajstić information content (AvgIpc) is 1.88. The molecule has 67 valence electrons. The Morgan fingerprint density at radius 1 is 1.64 bits per heavy atom. The Labute approximate surface area is 103 Å². The fourth-order valence-electron chi connectivity index (χ4n) is 0.505. The molecule has 0 aliphatic rings. The molecule has 0 rings (SSSR count). The van der Waals surface area contributed by atoms with Crippen LogP contribution in [0, 0.1) is 4.83 Å². The lowest BCUT2D eigenvalue weighted by atomic mass is 10.2. The van der Waals surface area contributed by atoms with Crippen LogP contribution in [0.3, 0.4) is 0 Å². The van der Waals surface area contributed by atoms with Crippen LogP contribution >= 0.6 is 71.0 Å². The van der Waals surface area contributed by atoms with Crippen molar-refractivity contribution in [3.63, 3.8) is 0 Å². The summed E-state index contributed by atoms with van der Waals surface area (Å²) in [7, 11) is 0. The fraction of sp³-hybridized carbons (Fsp3) is 0.833. The Morgan fingerprint density at radius 2 is 2.09 bits per heavy atom. The van der Waals surface area contributed by atoms with Gasteiger partial charge in [0.25, 0.3) is 0 Å². The van der Waals surface area contributed by atoms with E-state index in [-0.39, 0.29) is 4.29 Å². The minimum atomic E-state index is -0.690. The number of rotatable bonds is 4. The quantitative estimate of drug-likeness (QED) is 0.592. The van der Waals surface area contributed by atoms with Crippen molar-refractivity contribution in [1.82, 2.24) is 0 Å². The minimum absolute atomic E-state index is 0.322. The molecule has 0 amide bonds. The normalized spacial score (nSPS) is 19.9. The summed E-state index contributed by atoms with van der Waals surface area (Å²) < 4.78 is -1.01. The molecule has 0 heterocycles. The third-order valence-corrected chi connectivity index (χ3v) is 6.54. The third kappa shape index (κ3) is 4.17. The van der Waals surface area contributed by atoms with Crippen LogP contribution < -0.4 is 0 Å². The van der Waals surface area contributed by atoms with E-state index >= 15 is 0 Å². The lowest BCUT2D eigenvalue weighted by molar-refractivity contribution is 0.813. The van der Waals surface area contributed by atoms with Gasteiger partial charge in [-0.15, -0.1) is 23.2 Å². The van der Waals surface area contributed by atoms with Gasteiger partial charge in [0.2, 0.25) is 0 Å². The average molecular weight is 391 g/mol. The van der Waals surface area contributed by atoms with Gasteiger partial charge in [0.15, 0.2) is 0 Å². The van der Waals surface area contributed by atoms with Gasteiger partial charge in [0.05, 0.1) is 4.83 Å². The van der Waals surface area contributed by atoms with E-state index in [1.807, 2.05) is 0 Å². The summed E-state index contributed by atoms with van der Waals surface area (Å²) >= 11 is 21.7. The molecule has 0 N–H and O–H groups in total. The molecule has 0 saturated carbocycles. The summed E-state index contributed by atoms with van der Waals surface area (Å²) in [5, 5.41) is 0. The van der Waals surface area contributed by atoms with Crippen LogP contribution in [0.4, 0.5) is 0 Å². The second-order valence-electron chi connectivity index (χ2n) is 2.08. The first-order valence-electron chi connectivity index (χ1n) is 3.10. The zero-order valence-corrected chi connectivity index (χ0v) is 12.2. The van der Waals surface area contributed by atoms with Gasteiger partial charge in [-0.05, 0) is 6.42 Å². The monoisotopic (exact) mass is 387 g/mol. The van der Waals surface area contributed by atoms with Crippen LogP contribution in [0.15, 0.2) is 0 Å². The van der Waals surface area contributed by atoms with Crippen molar-refractivity contribution in [3.05, 3.63) is 4.83 Å². The van der Waals surface area contributed by atoms with Crippen molar-refractivity contribution in [1.29, 1.82) is 0 Å². The predicted molar refractivity (Wildman–Crippen MR) is 63.2 cm³/mol. The van der Waals surface area contributed by atoms with Crippen LogP contribution in [0.1, 0.15) is 19.8 Å². The van der Waals surface area contributed by atoms with E-state index in [0.29, 0.717) is 0 Å². The highest BCUT2D eigenvalue weighted by atomic mass is 79.9. The number of halogens is 5. The summed E-state index contributed by atoms with van der Waals surface area (Å²) in [6, 6.07) is 0. The van der Waals surface area contributed by atoms with Gasteiger partial charge < -0.3 is 0 Å². The van der Waals surface area contributed by atoms with E-state index in [1.165, 1.54) is 0 Å². The van der Waals surface area contributed by atoms with Crippen LogP contribution in [0.2, 0.25) is 0 Å². The van der Waals surface area contributed by atoms with Gasteiger partial charge >= 0.3 is 0 Å². The Morgan fingerprint density at radius 3 is 2.36 bits per heavy atom. The second kappa shape index (κ2) is 5.69. The lowest BCUT2D eigenvalue weighted by Gasteiger charge is -2.26. The van der Waals surface area contributed by atoms with Gasteiger partial charge in [-0.25, -0.2) is 0 Å². The number of alkyl halides is 4. The molecule has 1 radical (unpaired) electrons. The van der Waals surface area contributed by atoms with Crippen molar-refractivity contribution >= 4 is 71.0 Å². The van der Waals surface area contributed by atoms with Crippen molar-refractivity contribution in [2.75, 3.05) is 0 Å². The smallest absolute Gasteiger partial charge is 0.107 e. The molecule has 0 fully saturated rings. The van der Waals surface area contributed by atoms with Crippen molar-refractivity contribution in [2.45, 2.75) is 27.8 Å². The van der Waals surface area contributed by atoms with Gasteiger partial charge in [-0.1, -0.05) is 61.1 Å². The molecule has 0 nitrogen and oxygen atoms in total. The number of hydrogen-bond donors (Lipinski definition) is 0. The molecule has 2 unspecified atom stereocenters. The summed E-state index contributed by atoms with van der Waals surface area (Å²) in [5.41, 5.74) is 0. The topological polar surface area (TPSA) is 0 Å². The van der Waals surface area contributed by atoms with Gasteiger partial charge in [-0.3, -0.25) is 0 Å². The Hall–Kier alpha value is 2.02.